The lowest BCUT2D eigenvalue weighted by Crippen LogP contribution is -2.28. The molecule has 2 aromatic rings. The van der Waals surface area contributed by atoms with E-state index in [-0.39, 0.29) is 18.4 Å². The molecule has 2 atom stereocenters. The second kappa shape index (κ2) is 7.25. The molecule has 4 heteroatoms. The minimum atomic E-state index is -0.794. The largest absolute Gasteiger partial charge is 0.388 e. The molecule has 0 aromatic heterocycles. The molecule has 2 rings (SSSR count). The maximum absolute atomic E-state index is 12.0. The van der Waals surface area contributed by atoms with E-state index >= 15 is 0 Å². The molecule has 0 aliphatic rings. The van der Waals surface area contributed by atoms with Gasteiger partial charge >= 0.3 is 0 Å². The highest BCUT2D eigenvalue weighted by Gasteiger charge is 2.15. The van der Waals surface area contributed by atoms with Crippen molar-refractivity contribution in [1.82, 2.24) is 5.32 Å². The average Bonchev–Trinajstić information content (AvgIpc) is 2.48. The molecular weight excluding hydrogens is 286 g/mol. The lowest BCUT2D eigenvalue weighted by atomic mass is 10.1. The standard InChI is InChI=1S/C17H18ClNO2/c1-12(14-8-5-9-15(18)10-14)19-17(21)11-16(20)13-6-3-2-4-7-13/h2-10,12,16,20H,11H2,1H3,(H,19,21). The number of benzene rings is 2. The van der Waals surface area contributed by atoms with E-state index in [0.717, 1.165) is 11.1 Å². The number of nitrogens with one attached hydrogen (secondary N) is 1. The summed E-state index contributed by atoms with van der Waals surface area (Å²) < 4.78 is 0. The molecule has 0 aliphatic carbocycles. The van der Waals surface area contributed by atoms with Gasteiger partial charge in [-0.25, -0.2) is 0 Å². The molecule has 0 saturated carbocycles. The third-order valence-electron chi connectivity index (χ3n) is 3.29. The third kappa shape index (κ3) is 4.59. The topological polar surface area (TPSA) is 49.3 Å². The van der Waals surface area contributed by atoms with E-state index in [1.807, 2.05) is 43.3 Å². The van der Waals surface area contributed by atoms with E-state index in [4.69, 9.17) is 11.6 Å². The Balaban J connectivity index is 1.92. The Morgan fingerprint density at radius 3 is 2.48 bits per heavy atom. The van der Waals surface area contributed by atoms with Crippen LogP contribution < -0.4 is 5.32 Å². The van der Waals surface area contributed by atoms with Gasteiger partial charge in [0.2, 0.25) is 5.91 Å². The quantitative estimate of drug-likeness (QED) is 0.886. The first-order valence-corrected chi connectivity index (χ1v) is 7.22. The van der Waals surface area contributed by atoms with Gasteiger partial charge in [-0.15, -0.1) is 0 Å². The van der Waals surface area contributed by atoms with E-state index in [2.05, 4.69) is 5.32 Å². The van der Waals surface area contributed by atoms with E-state index in [1.54, 1.807) is 18.2 Å². The van der Waals surface area contributed by atoms with Crippen LogP contribution in [0, 0.1) is 0 Å². The fourth-order valence-electron chi connectivity index (χ4n) is 2.13. The van der Waals surface area contributed by atoms with Crippen LogP contribution in [0.1, 0.15) is 36.6 Å². The summed E-state index contributed by atoms with van der Waals surface area (Å²) in [6.07, 6.45) is -0.757. The maximum atomic E-state index is 12.0. The van der Waals surface area contributed by atoms with Gasteiger partial charge in [-0.3, -0.25) is 4.79 Å². The molecule has 0 spiro atoms. The number of aliphatic hydroxyl groups is 1. The van der Waals surface area contributed by atoms with Crippen molar-refractivity contribution >= 4 is 17.5 Å². The van der Waals surface area contributed by atoms with Crippen LogP contribution in [-0.2, 0) is 4.79 Å². The molecule has 3 nitrogen and oxygen atoms in total. The highest BCUT2D eigenvalue weighted by Crippen LogP contribution is 2.19. The highest BCUT2D eigenvalue weighted by atomic mass is 35.5. The molecule has 0 heterocycles. The Hall–Kier alpha value is -1.84. The van der Waals surface area contributed by atoms with Gasteiger partial charge in [0.1, 0.15) is 0 Å². The summed E-state index contributed by atoms with van der Waals surface area (Å²) in [5.74, 6) is -0.196. The number of amides is 1. The van der Waals surface area contributed by atoms with E-state index in [1.165, 1.54) is 0 Å². The minimum absolute atomic E-state index is 0.0366. The lowest BCUT2D eigenvalue weighted by Gasteiger charge is -2.16. The molecule has 110 valence electrons. The van der Waals surface area contributed by atoms with Crippen molar-refractivity contribution in [2.75, 3.05) is 0 Å². The van der Waals surface area contributed by atoms with E-state index in [9.17, 15) is 9.90 Å². The van der Waals surface area contributed by atoms with Gasteiger partial charge in [-0.1, -0.05) is 54.1 Å². The average molecular weight is 304 g/mol. The Bertz CT molecular complexity index is 601. The van der Waals surface area contributed by atoms with Crippen LogP contribution in [0.15, 0.2) is 54.6 Å². The summed E-state index contributed by atoms with van der Waals surface area (Å²) in [5, 5.41) is 13.5. The summed E-state index contributed by atoms with van der Waals surface area (Å²) >= 11 is 5.94. The summed E-state index contributed by atoms with van der Waals surface area (Å²) in [7, 11) is 0. The zero-order valence-electron chi connectivity index (χ0n) is 11.8. The number of hydrogen-bond donors (Lipinski definition) is 2. The first-order chi connectivity index (χ1) is 10.1. The number of hydrogen-bond acceptors (Lipinski definition) is 2. The molecule has 2 unspecified atom stereocenters. The third-order valence-corrected chi connectivity index (χ3v) is 3.52. The van der Waals surface area contributed by atoms with Gasteiger partial charge in [0, 0.05) is 5.02 Å². The first-order valence-electron chi connectivity index (χ1n) is 6.84. The van der Waals surface area contributed by atoms with Gasteiger partial charge in [0.15, 0.2) is 0 Å². The van der Waals surface area contributed by atoms with Crippen LogP contribution in [0.4, 0.5) is 0 Å². The summed E-state index contributed by atoms with van der Waals surface area (Å²) in [4.78, 5) is 12.0. The molecule has 0 bridgehead atoms. The Morgan fingerprint density at radius 2 is 1.81 bits per heavy atom. The maximum Gasteiger partial charge on any atom is 0.223 e. The summed E-state index contributed by atoms with van der Waals surface area (Å²) in [6.45, 7) is 1.89. The fraction of sp³-hybridized carbons (Fsp3) is 0.235. The van der Waals surface area contributed by atoms with Crippen molar-refractivity contribution < 1.29 is 9.90 Å². The Morgan fingerprint density at radius 1 is 1.14 bits per heavy atom. The number of rotatable bonds is 5. The molecule has 2 aromatic carbocycles. The van der Waals surface area contributed by atoms with Crippen molar-refractivity contribution in [2.45, 2.75) is 25.5 Å². The SMILES string of the molecule is CC(NC(=O)CC(O)c1ccccc1)c1cccc(Cl)c1. The van der Waals surface area contributed by atoms with Crippen molar-refractivity contribution in [1.29, 1.82) is 0 Å². The van der Waals surface area contributed by atoms with Crippen LogP contribution in [-0.4, -0.2) is 11.0 Å². The van der Waals surface area contributed by atoms with Gasteiger partial charge in [-0.2, -0.15) is 0 Å². The molecule has 2 N–H and O–H groups in total. The lowest BCUT2D eigenvalue weighted by molar-refractivity contribution is -0.123. The fourth-order valence-corrected chi connectivity index (χ4v) is 2.33. The van der Waals surface area contributed by atoms with Crippen LogP contribution in [0.2, 0.25) is 5.02 Å². The molecule has 0 saturated heterocycles. The molecule has 1 amide bonds. The van der Waals surface area contributed by atoms with Crippen LogP contribution in [0.25, 0.3) is 0 Å². The number of carbonyl (C=O) groups is 1. The smallest absolute Gasteiger partial charge is 0.223 e. The van der Waals surface area contributed by atoms with Crippen molar-refractivity contribution in [3.8, 4) is 0 Å². The number of aliphatic hydroxyl groups excluding tert-OH is 1. The molecule has 0 fully saturated rings. The normalized spacial score (nSPS) is 13.5. The zero-order chi connectivity index (χ0) is 15.2. The van der Waals surface area contributed by atoms with Crippen molar-refractivity contribution in [3.05, 3.63) is 70.7 Å². The molecule has 0 radical (unpaired) electrons. The number of carbonyl (C=O) groups excluding carboxylic acids is 1. The first kappa shape index (κ1) is 15.5. The summed E-state index contributed by atoms with van der Waals surface area (Å²) in [5.41, 5.74) is 1.67. The van der Waals surface area contributed by atoms with Gasteiger partial charge in [0.05, 0.1) is 18.6 Å². The van der Waals surface area contributed by atoms with Gasteiger partial charge < -0.3 is 10.4 Å². The molecule has 21 heavy (non-hydrogen) atoms. The molecule has 0 aliphatic heterocycles. The van der Waals surface area contributed by atoms with E-state index < -0.39 is 6.10 Å². The molecular formula is C17H18ClNO2. The second-order valence-corrected chi connectivity index (χ2v) is 5.41. The number of halogens is 1. The monoisotopic (exact) mass is 303 g/mol. The Labute approximate surface area is 129 Å². The highest BCUT2D eigenvalue weighted by molar-refractivity contribution is 6.30. The summed E-state index contributed by atoms with van der Waals surface area (Å²) in [6, 6.07) is 16.4. The van der Waals surface area contributed by atoms with Crippen molar-refractivity contribution in [3.63, 3.8) is 0 Å². The van der Waals surface area contributed by atoms with E-state index in [0.29, 0.717) is 5.02 Å². The van der Waals surface area contributed by atoms with Crippen LogP contribution in [0.3, 0.4) is 0 Å². The predicted molar refractivity (Wildman–Crippen MR) is 84.0 cm³/mol. The van der Waals surface area contributed by atoms with Crippen molar-refractivity contribution in [2.24, 2.45) is 0 Å². The van der Waals surface area contributed by atoms with Gasteiger partial charge in [-0.05, 0) is 30.2 Å². The Kier molecular flexibility index (Phi) is 5.37. The predicted octanol–water partition coefficient (Wildman–Crippen LogP) is 3.64. The van der Waals surface area contributed by atoms with Crippen LogP contribution in [0.5, 0.6) is 0 Å². The van der Waals surface area contributed by atoms with Gasteiger partial charge in [0.25, 0.3) is 0 Å². The minimum Gasteiger partial charge on any atom is -0.388 e. The van der Waals surface area contributed by atoms with Crippen LogP contribution >= 0.6 is 11.6 Å². The zero-order valence-corrected chi connectivity index (χ0v) is 12.5. The second-order valence-electron chi connectivity index (χ2n) is 4.97.